The first kappa shape index (κ1) is 28.7. The minimum absolute atomic E-state index is 0.0138. The highest BCUT2D eigenvalue weighted by molar-refractivity contribution is 7.93. The van der Waals surface area contributed by atoms with E-state index in [0.717, 1.165) is 0 Å². The minimum atomic E-state index is -3.99. The van der Waals surface area contributed by atoms with Gasteiger partial charge in [0.25, 0.3) is 26.0 Å². The average Bonchev–Trinajstić information content (AvgIpc) is 2.94. The van der Waals surface area contributed by atoms with Crippen molar-refractivity contribution in [3.63, 3.8) is 0 Å². The maximum absolute atomic E-state index is 12.9. The average molecular weight is 602 g/mol. The molecule has 3 N–H and O–H groups in total. The van der Waals surface area contributed by atoms with Crippen LogP contribution in [-0.2, 0) is 20.0 Å². The van der Waals surface area contributed by atoms with E-state index in [1.807, 2.05) is 0 Å². The van der Waals surface area contributed by atoms with Crippen molar-refractivity contribution < 1.29 is 31.1 Å². The second-order valence-corrected chi connectivity index (χ2v) is 12.0. The standard InChI is InChI=1S/C27H24ClN3O7S2/c1-37-20-11-15-25(26(17-20)38-2)31-40(35,36)22-12-8-18(9-13-22)29-27(32)23-16-19(10-14-24(23)28)30-39(33,34)21-6-4-3-5-7-21/h3-17,30-31H,1-2H3,(H,29,32). The Morgan fingerprint density at radius 3 is 1.98 bits per heavy atom. The van der Waals surface area contributed by atoms with E-state index in [4.69, 9.17) is 21.1 Å². The van der Waals surface area contributed by atoms with E-state index in [2.05, 4.69) is 14.8 Å². The number of carbonyl (C=O) groups is 1. The van der Waals surface area contributed by atoms with E-state index >= 15 is 0 Å². The number of ether oxygens (including phenoxy) is 2. The van der Waals surface area contributed by atoms with Gasteiger partial charge in [-0.3, -0.25) is 14.2 Å². The molecule has 0 aliphatic carbocycles. The number of halogens is 1. The summed E-state index contributed by atoms with van der Waals surface area (Å²) in [6.07, 6.45) is 0. The van der Waals surface area contributed by atoms with Crippen molar-refractivity contribution in [1.29, 1.82) is 0 Å². The number of hydrogen-bond acceptors (Lipinski definition) is 7. The van der Waals surface area contributed by atoms with Crippen LogP contribution < -0.4 is 24.2 Å². The highest BCUT2D eigenvalue weighted by atomic mass is 35.5. The van der Waals surface area contributed by atoms with Crippen molar-refractivity contribution in [3.8, 4) is 11.5 Å². The molecule has 1 amide bonds. The van der Waals surface area contributed by atoms with Crippen molar-refractivity contribution in [3.05, 3.63) is 102 Å². The first-order valence-electron chi connectivity index (χ1n) is 11.6. The number of methoxy groups -OCH3 is 2. The number of amides is 1. The van der Waals surface area contributed by atoms with Crippen LogP contribution in [0.4, 0.5) is 17.1 Å². The van der Waals surface area contributed by atoms with Crippen LogP contribution in [-0.4, -0.2) is 37.0 Å². The number of sulfonamides is 2. The van der Waals surface area contributed by atoms with Gasteiger partial charge in [-0.15, -0.1) is 0 Å². The molecule has 0 heterocycles. The first-order chi connectivity index (χ1) is 19.0. The lowest BCUT2D eigenvalue weighted by Crippen LogP contribution is -2.16. The molecule has 0 unspecified atom stereocenters. The summed E-state index contributed by atoms with van der Waals surface area (Å²) in [5.41, 5.74) is 0.662. The molecule has 0 aromatic heterocycles. The number of anilines is 3. The van der Waals surface area contributed by atoms with Crippen LogP contribution in [0.25, 0.3) is 0 Å². The van der Waals surface area contributed by atoms with E-state index in [-0.39, 0.29) is 43.2 Å². The molecule has 4 aromatic rings. The molecule has 0 atom stereocenters. The molecule has 208 valence electrons. The van der Waals surface area contributed by atoms with Crippen LogP contribution in [0.15, 0.2) is 101 Å². The molecule has 0 saturated carbocycles. The Morgan fingerprint density at radius 2 is 1.32 bits per heavy atom. The first-order valence-corrected chi connectivity index (χ1v) is 14.9. The van der Waals surface area contributed by atoms with Crippen LogP contribution >= 0.6 is 11.6 Å². The Hall–Kier alpha value is -4.26. The van der Waals surface area contributed by atoms with Gasteiger partial charge in [-0.25, -0.2) is 16.8 Å². The van der Waals surface area contributed by atoms with Crippen LogP contribution in [0.2, 0.25) is 5.02 Å². The Kier molecular flexibility index (Phi) is 8.52. The molecular weight excluding hydrogens is 578 g/mol. The molecule has 4 aromatic carbocycles. The van der Waals surface area contributed by atoms with E-state index in [9.17, 15) is 21.6 Å². The third kappa shape index (κ3) is 6.65. The molecular formula is C27H24ClN3O7S2. The number of nitrogens with one attached hydrogen (secondary N) is 3. The summed E-state index contributed by atoms with van der Waals surface area (Å²) in [4.78, 5) is 12.9. The molecule has 0 spiro atoms. The zero-order chi connectivity index (χ0) is 28.9. The van der Waals surface area contributed by atoms with Gasteiger partial charge in [-0.2, -0.15) is 0 Å². The van der Waals surface area contributed by atoms with Gasteiger partial charge in [0.05, 0.1) is 40.3 Å². The Balaban J connectivity index is 1.48. The lowest BCUT2D eigenvalue weighted by Gasteiger charge is -2.14. The lowest BCUT2D eigenvalue weighted by molar-refractivity contribution is 0.102. The van der Waals surface area contributed by atoms with Gasteiger partial charge >= 0.3 is 0 Å². The molecule has 0 aliphatic rings. The fraction of sp³-hybridized carbons (Fsp3) is 0.0741. The molecule has 13 heteroatoms. The van der Waals surface area contributed by atoms with Crippen molar-refractivity contribution in [2.45, 2.75) is 9.79 Å². The summed E-state index contributed by atoms with van der Waals surface area (Å²) in [5, 5.41) is 2.72. The molecule has 10 nitrogen and oxygen atoms in total. The van der Waals surface area contributed by atoms with E-state index in [1.54, 1.807) is 30.3 Å². The molecule has 0 saturated heterocycles. The monoisotopic (exact) mass is 601 g/mol. The smallest absolute Gasteiger partial charge is 0.262 e. The Morgan fingerprint density at radius 1 is 0.700 bits per heavy atom. The van der Waals surface area contributed by atoms with E-state index < -0.39 is 26.0 Å². The second kappa shape index (κ2) is 11.9. The van der Waals surface area contributed by atoms with Gasteiger partial charge < -0.3 is 14.8 Å². The minimum Gasteiger partial charge on any atom is -0.497 e. The molecule has 40 heavy (non-hydrogen) atoms. The van der Waals surface area contributed by atoms with Crippen molar-refractivity contribution in [2.24, 2.45) is 0 Å². The molecule has 4 rings (SSSR count). The number of hydrogen-bond donors (Lipinski definition) is 3. The van der Waals surface area contributed by atoms with Gasteiger partial charge in [-0.05, 0) is 66.7 Å². The zero-order valence-corrected chi connectivity index (χ0v) is 23.6. The Bertz CT molecular complexity index is 1750. The van der Waals surface area contributed by atoms with E-state index in [0.29, 0.717) is 5.75 Å². The van der Waals surface area contributed by atoms with Crippen LogP contribution in [0.1, 0.15) is 10.4 Å². The summed E-state index contributed by atoms with van der Waals surface area (Å²) in [5.74, 6) is 0.151. The summed E-state index contributed by atoms with van der Waals surface area (Å²) in [6.45, 7) is 0. The molecule has 0 radical (unpaired) electrons. The topological polar surface area (TPSA) is 140 Å². The summed E-state index contributed by atoms with van der Waals surface area (Å²) < 4.78 is 66.4. The Labute approximate surface area is 237 Å². The number of carbonyl (C=O) groups excluding carboxylic acids is 1. The van der Waals surface area contributed by atoms with Gasteiger partial charge in [0.2, 0.25) is 0 Å². The maximum Gasteiger partial charge on any atom is 0.262 e. The third-order valence-corrected chi connectivity index (χ3v) is 8.70. The number of rotatable bonds is 10. The summed E-state index contributed by atoms with van der Waals surface area (Å²) in [7, 11) is -4.97. The van der Waals surface area contributed by atoms with Crippen molar-refractivity contribution in [2.75, 3.05) is 29.0 Å². The highest BCUT2D eigenvalue weighted by Gasteiger charge is 2.19. The fourth-order valence-corrected chi connectivity index (χ4v) is 5.92. The predicted octanol–water partition coefficient (Wildman–Crippen LogP) is 5.21. The predicted molar refractivity (Wildman–Crippen MR) is 153 cm³/mol. The fourth-order valence-electron chi connectivity index (χ4n) is 3.58. The quantitative estimate of drug-likeness (QED) is 0.227. The van der Waals surface area contributed by atoms with Gasteiger partial charge in [-0.1, -0.05) is 29.8 Å². The van der Waals surface area contributed by atoms with Crippen molar-refractivity contribution >= 4 is 54.6 Å². The molecule has 0 bridgehead atoms. The summed E-state index contributed by atoms with van der Waals surface area (Å²) >= 11 is 6.21. The van der Waals surface area contributed by atoms with Gasteiger partial charge in [0.15, 0.2) is 0 Å². The van der Waals surface area contributed by atoms with Crippen molar-refractivity contribution in [1.82, 2.24) is 0 Å². The largest absolute Gasteiger partial charge is 0.497 e. The third-order valence-electron chi connectivity index (χ3n) is 5.59. The highest BCUT2D eigenvalue weighted by Crippen LogP contribution is 2.31. The van der Waals surface area contributed by atoms with Crippen LogP contribution in [0.5, 0.6) is 11.5 Å². The van der Waals surface area contributed by atoms with Gasteiger partial charge in [0.1, 0.15) is 11.5 Å². The molecule has 0 aliphatic heterocycles. The number of benzene rings is 4. The van der Waals surface area contributed by atoms with Crippen LogP contribution in [0.3, 0.4) is 0 Å². The van der Waals surface area contributed by atoms with Gasteiger partial charge in [0, 0.05) is 17.4 Å². The molecule has 0 fully saturated rings. The maximum atomic E-state index is 12.9. The lowest BCUT2D eigenvalue weighted by atomic mass is 10.2. The normalized spacial score (nSPS) is 11.4. The van der Waals surface area contributed by atoms with E-state index in [1.165, 1.54) is 74.9 Å². The van der Waals surface area contributed by atoms with Crippen LogP contribution in [0, 0.1) is 0 Å². The SMILES string of the molecule is COc1ccc(NS(=O)(=O)c2ccc(NC(=O)c3cc(NS(=O)(=O)c4ccccc4)ccc3Cl)cc2)c(OC)c1. The zero-order valence-electron chi connectivity index (χ0n) is 21.2. The second-order valence-electron chi connectivity index (χ2n) is 8.26. The summed E-state index contributed by atoms with van der Waals surface area (Å²) in [6, 6.07) is 22.0.